The molecule has 0 spiro atoms. The predicted molar refractivity (Wildman–Crippen MR) is 66.4 cm³/mol. The first-order chi connectivity index (χ1) is 8.45. The SMILES string of the molecule is CC(CN)c1cccc2c(C(F)(F)F)cccc12. The van der Waals surface area contributed by atoms with E-state index in [1.54, 1.807) is 12.1 Å². The second-order valence-corrected chi connectivity index (χ2v) is 4.38. The molecular weight excluding hydrogens is 239 g/mol. The van der Waals surface area contributed by atoms with Gasteiger partial charge in [0, 0.05) is 0 Å². The van der Waals surface area contributed by atoms with Gasteiger partial charge in [-0.3, -0.25) is 0 Å². The van der Waals surface area contributed by atoms with E-state index in [1.807, 2.05) is 13.0 Å². The van der Waals surface area contributed by atoms with Crippen molar-refractivity contribution in [1.82, 2.24) is 0 Å². The molecule has 2 aromatic carbocycles. The largest absolute Gasteiger partial charge is 0.417 e. The van der Waals surface area contributed by atoms with E-state index in [4.69, 9.17) is 5.73 Å². The van der Waals surface area contributed by atoms with Crippen LogP contribution in [0.1, 0.15) is 24.0 Å². The minimum atomic E-state index is -4.33. The fourth-order valence-electron chi connectivity index (χ4n) is 2.14. The Morgan fingerprint density at radius 1 is 1.06 bits per heavy atom. The normalized spacial score (nSPS) is 13.8. The maximum absolute atomic E-state index is 12.9. The molecule has 0 aliphatic rings. The van der Waals surface area contributed by atoms with Crippen molar-refractivity contribution in [3.63, 3.8) is 0 Å². The van der Waals surface area contributed by atoms with Gasteiger partial charge in [0.05, 0.1) is 5.56 Å². The maximum Gasteiger partial charge on any atom is 0.417 e. The molecule has 2 N–H and O–H groups in total. The fourth-order valence-corrected chi connectivity index (χ4v) is 2.14. The Morgan fingerprint density at radius 3 is 2.28 bits per heavy atom. The number of halogens is 3. The highest BCUT2D eigenvalue weighted by Gasteiger charge is 2.32. The fraction of sp³-hybridized carbons (Fsp3) is 0.286. The molecule has 1 unspecified atom stereocenters. The summed E-state index contributed by atoms with van der Waals surface area (Å²) in [6.45, 7) is 2.32. The molecule has 0 fully saturated rings. The molecule has 0 aromatic heterocycles. The number of nitrogens with two attached hydrogens (primary N) is 1. The molecule has 0 aliphatic carbocycles. The van der Waals surface area contributed by atoms with Crippen LogP contribution < -0.4 is 5.73 Å². The first-order valence-corrected chi connectivity index (χ1v) is 5.74. The summed E-state index contributed by atoms with van der Waals surface area (Å²) >= 11 is 0. The van der Waals surface area contributed by atoms with E-state index in [0.717, 1.165) is 11.6 Å². The third-order valence-corrected chi connectivity index (χ3v) is 3.15. The smallest absolute Gasteiger partial charge is 0.330 e. The zero-order chi connectivity index (χ0) is 13.3. The first-order valence-electron chi connectivity index (χ1n) is 5.74. The predicted octanol–water partition coefficient (Wildman–Crippen LogP) is 3.92. The number of rotatable bonds is 2. The molecule has 0 saturated heterocycles. The van der Waals surface area contributed by atoms with Gasteiger partial charge in [0.15, 0.2) is 0 Å². The molecule has 0 heterocycles. The summed E-state index contributed by atoms with van der Waals surface area (Å²) in [5, 5.41) is 0.869. The zero-order valence-corrected chi connectivity index (χ0v) is 9.96. The highest BCUT2D eigenvalue weighted by atomic mass is 19.4. The summed E-state index contributed by atoms with van der Waals surface area (Å²) in [6, 6.07) is 9.26. The highest BCUT2D eigenvalue weighted by molar-refractivity contribution is 5.89. The van der Waals surface area contributed by atoms with E-state index in [9.17, 15) is 13.2 Å². The lowest BCUT2D eigenvalue weighted by molar-refractivity contribution is -0.136. The van der Waals surface area contributed by atoms with Crippen LogP contribution in [0, 0.1) is 0 Å². The first kappa shape index (κ1) is 12.9. The molecule has 2 rings (SSSR count). The van der Waals surface area contributed by atoms with Gasteiger partial charge in [-0.05, 0) is 34.9 Å². The van der Waals surface area contributed by atoms with Crippen LogP contribution in [0.15, 0.2) is 36.4 Å². The van der Waals surface area contributed by atoms with Crippen molar-refractivity contribution in [3.05, 3.63) is 47.5 Å². The molecule has 4 heteroatoms. The molecule has 96 valence electrons. The van der Waals surface area contributed by atoms with Crippen LogP contribution in [0.3, 0.4) is 0 Å². The number of hydrogen-bond acceptors (Lipinski definition) is 1. The molecule has 0 saturated carbocycles. The van der Waals surface area contributed by atoms with E-state index in [0.29, 0.717) is 11.9 Å². The van der Waals surface area contributed by atoms with Crippen LogP contribution in [-0.4, -0.2) is 6.54 Å². The summed E-state index contributed by atoms with van der Waals surface area (Å²) < 4.78 is 38.7. The summed E-state index contributed by atoms with van der Waals surface area (Å²) in [7, 11) is 0. The quantitative estimate of drug-likeness (QED) is 0.862. The monoisotopic (exact) mass is 253 g/mol. The van der Waals surface area contributed by atoms with Crippen molar-refractivity contribution >= 4 is 10.8 Å². The second kappa shape index (κ2) is 4.61. The molecule has 0 radical (unpaired) electrons. The maximum atomic E-state index is 12.9. The second-order valence-electron chi connectivity index (χ2n) is 4.38. The summed E-state index contributed by atoms with van der Waals surface area (Å²) in [4.78, 5) is 0. The van der Waals surface area contributed by atoms with Crippen molar-refractivity contribution in [2.75, 3.05) is 6.54 Å². The Morgan fingerprint density at radius 2 is 1.67 bits per heavy atom. The standard InChI is InChI=1S/C14H14F3N/c1-9(8-18)10-4-2-6-12-11(10)5-3-7-13(12)14(15,16)17/h2-7,9H,8,18H2,1H3. The van der Waals surface area contributed by atoms with Crippen molar-refractivity contribution in [2.45, 2.75) is 19.0 Å². The molecule has 1 atom stereocenters. The van der Waals surface area contributed by atoms with Crippen LogP contribution in [0.25, 0.3) is 10.8 Å². The average Bonchev–Trinajstić information content (AvgIpc) is 2.35. The lowest BCUT2D eigenvalue weighted by Crippen LogP contribution is -2.10. The van der Waals surface area contributed by atoms with Crippen molar-refractivity contribution in [2.24, 2.45) is 5.73 Å². The Balaban J connectivity index is 2.73. The zero-order valence-electron chi connectivity index (χ0n) is 9.96. The molecule has 0 bridgehead atoms. The lowest BCUT2D eigenvalue weighted by atomic mass is 9.93. The molecule has 1 nitrogen and oxygen atoms in total. The van der Waals surface area contributed by atoms with Crippen LogP contribution in [0.4, 0.5) is 13.2 Å². The Bertz CT molecular complexity index is 560. The van der Waals surface area contributed by atoms with Crippen molar-refractivity contribution in [1.29, 1.82) is 0 Å². The number of hydrogen-bond donors (Lipinski definition) is 1. The van der Waals surface area contributed by atoms with Crippen molar-refractivity contribution < 1.29 is 13.2 Å². The molecular formula is C14H14F3N. The summed E-state index contributed by atoms with van der Waals surface area (Å²) in [6.07, 6.45) is -4.33. The van der Waals surface area contributed by atoms with Gasteiger partial charge >= 0.3 is 6.18 Å². The van der Waals surface area contributed by atoms with Crippen LogP contribution in [-0.2, 0) is 6.18 Å². The van der Waals surface area contributed by atoms with Gasteiger partial charge in [0.2, 0.25) is 0 Å². The van der Waals surface area contributed by atoms with Crippen molar-refractivity contribution in [3.8, 4) is 0 Å². The third kappa shape index (κ3) is 2.20. The Kier molecular flexibility index (Phi) is 3.30. The van der Waals surface area contributed by atoms with E-state index < -0.39 is 11.7 Å². The molecule has 0 aliphatic heterocycles. The summed E-state index contributed by atoms with van der Waals surface area (Å²) in [5.74, 6) is 0.0391. The van der Waals surface area contributed by atoms with E-state index in [2.05, 4.69) is 0 Å². The Labute approximate surface area is 103 Å². The number of benzene rings is 2. The average molecular weight is 253 g/mol. The van der Waals surface area contributed by atoms with Gasteiger partial charge in [-0.2, -0.15) is 13.2 Å². The minimum absolute atomic E-state index is 0.0391. The van der Waals surface area contributed by atoms with Crippen LogP contribution in [0.2, 0.25) is 0 Å². The van der Waals surface area contributed by atoms with Gasteiger partial charge in [-0.1, -0.05) is 37.3 Å². The van der Waals surface area contributed by atoms with Crippen LogP contribution in [0.5, 0.6) is 0 Å². The van der Waals surface area contributed by atoms with E-state index in [1.165, 1.54) is 12.1 Å². The minimum Gasteiger partial charge on any atom is -0.330 e. The van der Waals surface area contributed by atoms with Gasteiger partial charge in [0.25, 0.3) is 0 Å². The molecule has 0 amide bonds. The van der Waals surface area contributed by atoms with E-state index >= 15 is 0 Å². The third-order valence-electron chi connectivity index (χ3n) is 3.15. The van der Waals surface area contributed by atoms with Gasteiger partial charge in [0.1, 0.15) is 0 Å². The molecule has 18 heavy (non-hydrogen) atoms. The van der Waals surface area contributed by atoms with E-state index in [-0.39, 0.29) is 11.3 Å². The lowest BCUT2D eigenvalue weighted by Gasteiger charge is -2.15. The summed E-state index contributed by atoms with van der Waals surface area (Å²) in [5.41, 5.74) is 5.87. The highest BCUT2D eigenvalue weighted by Crippen LogP contribution is 2.36. The Hall–Kier alpha value is -1.55. The number of fused-ring (bicyclic) bond motifs is 1. The molecule has 2 aromatic rings. The van der Waals surface area contributed by atoms with Crippen LogP contribution >= 0.6 is 0 Å². The van der Waals surface area contributed by atoms with Gasteiger partial charge in [-0.15, -0.1) is 0 Å². The van der Waals surface area contributed by atoms with Gasteiger partial charge in [-0.25, -0.2) is 0 Å². The topological polar surface area (TPSA) is 26.0 Å². The number of alkyl halides is 3. The van der Waals surface area contributed by atoms with Gasteiger partial charge < -0.3 is 5.73 Å².